The zero-order valence-electron chi connectivity index (χ0n) is 15.1. The molecule has 0 spiro atoms. The number of halogens is 2. The van der Waals surface area contributed by atoms with Crippen molar-refractivity contribution in [3.63, 3.8) is 0 Å². The SMILES string of the molecule is Fc1ccc(-c2cn(CCN3CCCC3)c(C3CCNCC3)n2)cc1F. The number of imidazole rings is 1. The predicted molar refractivity (Wildman–Crippen MR) is 98.1 cm³/mol. The van der Waals surface area contributed by atoms with Crippen LogP contribution in [0.25, 0.3) is 11.3 Å². The molecule has 4 nitrogen and oxygen atoms in total. The topological polar surface area (TPSA) is 33.1 Å². The number of hydrogen-bond acceptors (Lipinski definition) is 3. The highest BCUT2D eigenvalue weighted by molar-refractivity contribution is 5.58. The van der Waals surface area contributed by atoms with Crippen molar-refractivity contribution in [1.82, 2.24) is 19.8 Å². The van der Waals surface area contributed by atoms with Gasteiger partial charge in [0.1, 0.15) is 5.82 Å². The van der Waals surface area contributed by atoms with Crippen LogP contribution >= 0.6 is 0 Å². The smallest absolute Gasteiger partial charge is 0.159 e. The van der Waals surface area contributed by atoms with Crippen LogP contribution < -0.4 is 5.32 Å². The molecule has 2 fully saturated rings. The third-order valence-electron chi connectivity index (χ3n) is 5.58. The molecule has 6 heteroatoms. The fourth-order valence-corrected chi connectivity index (χ4v) is 4.07. The van der Waals surface area contributed by atoms with Gasteiger partial charge in [-0.05, 0) is 70.1 Å². The molecule has 2 aliphatic rings. The molecule has 1 aromatic heterocycles. The highest BCUT2D eigenvalue weighted by atomic mass is 19.2. The maximum Gasteiger partial charge on any atom is 0.159 e. The molecule has 4 rings (SSSR count). The van der Waals surface area contributed by atoms with Crippen molar-refractivity contribution >= 4 is 0 Å². The zero-order chi connectivity index (χ0) is 17.9. The summed E-state index contributed by atoms with van der Waals surface area (Å²) in [6.45, 7) is 6.27. The second kappa shape index (κ2) is 7.84. The Bertz CT molecular complexity index is 746. The van der Waals surface area contributed by atoms with Crippen molar-refractivity contribution in [3.8, 4) is 11.3 Å². The van der Waals surface area contributed by atoms with Crippen LogP contribution in [0, 0.1) is 11.6 Å². The third kappa shape index (κ3) is 3.81. The molecule has 0 amide bonds. The molecule has 2 aliphatic heterocycles. The first-order chi connectivity index (χ1) is 12.7. The first kappa shape index (κ1) is 17.6. The van der Waals surface area contributed by atoms with E-state index in [0.29, 0.717) is 11.5 Å². The van der Waals surface area contributed by atoms with Crippen LogP contribution in [0.15, 0.2) is 24.4 Å². The van der Waals surface area contributed by atoms with Gasteiger partial charge < -0.3 is 14.8 Å². The summed E-state index contributed by atoms with van der Waals surface area (Å²) >= 11 is 0. The third-order valence-corrected chi connectivity index (χ3v) is 5.58. The van der Waals surface area contributed by atoms with Crippen LogP contribution in [0.5, 0.6) is 0 Å². The second-order valence-corrected chi connectivity index (χ2v) is 7.38. The van der Waals surface area contributed by atoms with Gasteiger partial charge in [-0.2, -0.15) is 0 Å². The Balaban J connectivity index is 1.60. The first-order valence-corrected chi connectivity index (χ1v) is 9.66. The summed E-state index contributed by atoms with van der Waals surface area (Å²) in [7, 11) is 0. The van der Waals surface area contributed by atoms with Crippen LogP contribution in [0.1, 0.15) is 37.4 Å². The Hall–Kier alpha value is -1.79. The van der Waals surface area contributed by atoms with E-state index in [4.69, 9.17) is 4.98 Å². The minimum absolute atomic E-state index is 0.425. The van der Waals surface area contributed by atoms with Gasteiger partial charge in [-0.25, -0.2) is 13.8 Å². The van der Waals surface area contributed by atoms with Crippen molar-refractivity contribution in [2.45, 2.75) is 38.1 Å². The summed E-state index contributed by atoms with van der Waals surface area (Å²) in [5.74, 6) is -0.127. The molecule has 0 unspecified atom stereocenters. The van der Waals surface area contributed by atoms with E-state index in [1.807, 2.05) is 6.20 Å². The van der Waals surface area contributed by atoms with E-state index in [1.165, 1.54) is 38.1 Å². The summed E-state index contributed by atoms with van der Waals surface area (Å²) in [5, 5.41) is 3.40. The average Bonchev–Trinajstić information content (AvgIpc) is 3.32. The molecule has 2 saturated heterocycles. The summed E-state index contributed by atoms with van der Waals surface area (Å²) < 4.78 is 29.2. The Labute approximate surface area is 153 Å². The minimum Gasteiger partial charge on any atom is -0.333 e. The number of nitrogens with one attached hydrogen (secondary N) is 1. The number of piperidine rings is 1. The molecule has 1 N–H and O–H groups in total. The quantitative estimate of drug-likeness (QED) is 0.887. The largest absolute Gasteiger partial charge is 0.333 e. The van der Waals surface area contributed by atoms with Gasteiger partial charge in [0.2, 0.25) is 0 Å². The van der Waals surface area contributed by atoms with E-state index in [-0.39, 0.29) is 0 Å². The monoisotopic (exact) mass is 360 g/mol. The van der Waals surface area contributed by atoms with Gasteiger partial charge in [-0.1, -0.05) is 0 Å². The highest BCUT2D eigenvalue weighted by Gasteiger charge is 2.22. The number of aromatic nitrogens is 2. The molecule has 0 saturated carbocycles. The van der Waals surface area contributed by atoms with Crippen LogP contribution in [0.4, 0.5) is 8.78 Å². The minimum atomic E-state index is -0.822. The maximum atomic E-state index is 13.7. The number of rotatable bonds is 5. The van der Waals surface area contributed by atoms with E-state index < -0.39 is 11.6 Å². The number of hydrogen-bond donors (Lipinski definition) is 1. The van der Waals surface area contributed by atoms with Crippen molar-refractivity contribution in [2.24, 2.45) is 0 Å². The summed E-state index contributed by atoms with van der Waals surface area (Å²) in [6, 6.07) is 4.03. The Morgan fingerprint density at radius 1 is 1.04 bits per heavy atom. The number of benzene rings is 1. The van der Waals surface area contributed by atoms with Crippen LogP contribution in [0.2, 0.25) is 0 Å². The summed E-state index contributed by atoms with van der Waals surface area (Å²) in [6.07, 6.45) is 6.71. The van der Waals surface area contributed by atoms with E-state index >= 15 is 0 Å². The molecule has 0 bridgehead atoms. The highest BCUT2D eigenvalue weighted by Crippen LogP contribution is 2.29. The molecule has 0 atom stereocenters. The van der Waals surface area contributed by atoms with Gasteiger partial charge in [0, 0.05) is 30.8 Å². The predicted octanol–water partition coefficient (Wildman–Crippen LogP) is 3.39. The van der Waals surface area contributed by atoms with E-state index in [0.717, 1.165) is 50.5 Å². The first-order valence-electron chi connectivity index (χ1n) is 9.66. The molecule has 2 aromatic rings. The lowest BCUT2D eigenvalue weighted by atomic mass is 9.97. The maximum absolute atomic E-state index is 13.7. The lowest BCUT2D eigenvalue weighted by Crippen LogP contribution is -2.29. The van der Waals surface area contributed by atoms with E-state index in [1.54, 1.807) is 6.07 Å². The lowest BCUT2D eigenvalue weighted by molar-refractivity contribution is 0.316. The Morgan fingerprint density at radius 2 is 1.81 bits per heavy atom. The number of likely N-dealkylation sites (tertiary alicyclic amines) is 1. The normalized spacial score (nSPS) is 19.3. The standard InChI is InChI=1S/C20H26F2N4/c21-17-4-3-16(13-18(17)22)19-14-26(12-11-25-9-1-2-10-25)20(24-19)15-5-7-23-8-6-15/h3-4,13-15,23H,1-2,5-12H2. The second-order valence-electron chi connectivity index (χ2n) is 7.38. The zero-order valence-corrected chi connectivity index (χ0v) is 15.1. The van der Waals surface area contributed by atoms with Gasteiger partial charge in [-0.15, -0.1) is 0 Å². The molecule has 140 valence electrons. The van der Waals surface area contributed by atoms with Gasteiger partial charge in [-0.3, -0.25) is 0 Å². The molecular formula is C20H26F2N4. The van der Waals surface area contributed by atoms with Crippen LogP contribution in [0.3, 0.4) is 0 Å². The van der Waals surface area contributed by atoms with Gasteiger partial charge in [0.05, 0.1) is 5.69 Å². The average molecular weight is 360 g/mol. The summed E-state index contributed by atoms with van der Waals surface area (Å²) in [4.78, 5) is 7.34. The van der Waals surface area contributed by atoms with Gasteiger partial charge >= 0.3 is 0 Å². The van der Waals surface area contributed by atoms with Crippen LogP contribution in [-0.4, -0.2) is 47.2 Å². The fourth-order valence-electron chi connectivity index (χ4n) is 4.07. The molecular weight excluding hydrogens is 334 g/mol. The van der Waals surface area contributed by atoms with Crippen LogP contribution in [-0.2, 0) is 6.54 Å². The Morgan fingerprint density at radius 3 is 2.54 bits per heavy atom. The van der Waals surface area contributed by atoms with E-state index in [2.05, 4.69) is 14.8 Å². The Kier molecular flexibility index (Phi) is 5.31. The van der Waals surface area contributed by atoms with Crippen molar-refractivity contribution in [2.75, 3.05) is 32.7 Å². The number of nitrogens with zero attached hydrogens (tertiary/aromatic N) is 3. The van der Waals surface area contributed by atoms with Crippen molar-refractivity contribution in [3.05, 3.63) is 41.9 Å². The summed E-state index contributed by atoms with van der Waals surface area (Å²) in [5.41, 5.74) is 1.37. The lowest BCUT2D eigenvalue weighted by Gasteiger charge is -2.24. The molecule has 0 aliphatic carbocycles. The molecule has 1 aromatic carbocycles. The van der Waals surface area contributed by atoms with E-state index in [9.17, 15) is 8.78 Å². The van der Waals surface area contributed by atoms with Gasteiger partial charge in [0.25, 0.3) is 0 Å². The molecule has 26 heavy (non-hydrogen) atoms. The molecule has 3 heterocycles. The fraction of sp³-hybridized carbons (Fsp3) is 0.550. The molecule has 0 radical (unpaired) electrons. The van der Waals surface area contributed by atoms with Gasteiger partial charge in [0.15, 0.2) is 11.6 Å². The van der Waals surface area contributed by atoms with Crippen molar-refractivity contribution in [1.29, 1.82) is 0 Å². The van der Waals surface area contributed by atoms with Crippen molar-refractivity contribution < 1.29 is 8.78 Å².